The lowest BCUT2D eigenvalue weighted by molar-refractivity contribution is 0.171. The fraction of sp³-hybridized carbons (Fsp3) is 0.462. The van der Waals surface area contributed by atoms with Crippen LogP contribution in [0.2, 0.25) is 0 Å². The van der Waals surface area contributed by atoms with E-state index in [1.807, 2.05) is 12.1 Å². The van der Waals surface area contributed by atoms with E-state index < -0.39 is 17.5 Å². The summed E-state index contributed by atoms with van der Waals surface area (Å²) in [6, 6.07) is 10.0. The van der Waals surface area contributed by atoms with Gasteiger partial charge in [-0.2, -0.15) is 0 Å². The van der Waals surface area contributed by atoms with Crippen molar-refractivity contribution >= 4 is 0 Å². The van der Waals surface area contributed by atoms with E-state index in [0.29, 0.717) is 17.0 Å². The third kappa shape index (κ3) is 4.44. The van der Waals surface area contributed by atoms with Crippen molar-refractivity contribution in [2.24, 2.45) is 17.8 Å². The Morgan fingerprint density at radius 3 is 1.72 bits per heavy atom. The molecule has 2 aromatic carbocycles. The van der Waals surface area contributed by atoms with E-state index in [1.54, 1.807) is 0 Å². The van der Waals surface area contributed by atoms with Crippen LogP contribution in [0.15, 0.2) is 49.1 Å². The summed E-state index contributed by atoms with van der Waals surface area (Å²) < 4.78 is 40.2. The second-order valence-electron chi connectivity index (χ2n) is 8.90. The van der Waals surface area contributed by atoms with E-state index in [4.69, 9.17) is 0 Å². The van der Waals surface area contributed by atoms with Crippen molar-refractivity contribution in [1.29, 1.82) is 0 Å². The first-order valence-electron chi connectivity index (χ1n) is 10.9. The average Bonchev–Trinajstić information content (AvgIpc) is 2.77. The second-order valence-corrected chi connectivity index (χ2v) is 8.90. The summed E-state index contributed by atoms with van der Waals surface area (Å²) in [5, 5.41) is 0. The lowest BCUT2D eigenvalue weighted by Crippen LogP contribution is -2.25. The van der Waals surface area contributed by atoms with Crippen LogP contribution in [0.3, 0.4) is 0 Å². The van der Waals surface area contributed by atoms with Gasteiger partial charge in [0.25, 0.3) is 0 Å². The smallest absolute Gasteiger partial charge is 0.194 e. The van der Waals surface area contributed by atoms with Crippen molar-refractivity contribution in [2.45, 2.75) is 57.3 Å². The van der Waals surface area contributed by atoms with Crippen LogP contribution in [0.4, 0.5) is 13.2 Å². The van der Waals surface area contributed by atoms with Crippen molar-refractivity contribution < 1.29 is 13.2 Å². The van der Waals surface area contributed by atoms with Crippen molar-refractivity contribution in [1.82, 2.24) is 0 Å². The summed E-state index contributed by atoms with van der Waals surface area (Å²) >= 11 is 0. The summed E-state index contributed by atoms with van der Waals surface area (Å²) in [6.45, 7) is 3.95. The molecule has 0 N–H and O–H groups in total. The lowest BCUT2D eigenvalue weighted by Gasteiger charge is -2.37. The maximum absolute atomic E-state index is 13.5. The molecule has 0 nitrogen and oxygen atoms in total. The van der Waals surface area contributed by atoms with Gasteiger partial charge in [-0.05, 0) is 104 Å². The van der Waals surface area contributed by atoms with Crippen molar-refractivity contribution in [2.75, 3.05) is 0 Å². The largest absolute Gasteiger partial charge is 0.204 e. The predicted molar refractivity (Wildman–Crippen MR) is 112 cm³/mol. The molecule has 3 heteroatoms. The highest BCUT2D eigenvalue weighted by molar-refractivity contribution is 5.64. The third-order valence-electron chi connectivity index (χ3n) is 7.29. The van der Waals surface area contributed by atoms with Gasteiger partial charge in [0.05, 0.1) is 0 Å². The molecule has 0 aromatic heterocycles. The number of hydrogen-bond donors (Lipinski definition) is 0. The fourth-order valence-corrected chi connectivity index (χ4v) is 5.45. The van der Waals surface area contributed by atoms with Gasteiger partial charge >= 0.3 is 0 Å². The minimum atomic E-state index is -1.42. The number of hydrogen-bond acceptors (Lipinski definition) is 0. The highest BCUT2D eigenvalue weighted by Crippen LogP contribution is 2.44. The third-order valence-corrected chi connectivity index (χ3v) is 7.29. The van der Waals surface area contributed by atoms with Gasteiger partial charge in [-0.3, -0.25) is 0 Å². The zero-order chi connectivity index (χ0) is 20.4. The molecule has 2 saturated carbocycles. The van der Waals surface area contributed by atoms with E-state index in [1.165, 1.54) is 56.9 Å². The molecule has 0 radical (unpaired) electrons. The molecule has 154 valence electrons. The predicted octanol–water partition coefficient (Wildman–Crippen LogP) is 8.04. The monoisotopic (exact) mass is 398 g/mol. The molecule has 4 rings (SSSR count). The molecule has 0 spiro atoms. The van der Waals surface area contributed by atoms with Gasteiger partial charge in [-0.15, -0.1) is 6.58 Å². The molecule has 0 unspecified atom stereocenters. The van der Waals surface area contributed by atoms with Gasteiger partial charge in [0.2, 0.25) is 0 Å². The molecule has 2 aromatic rings. The maximum atomic E-state index is 13.5. The minimum Gasteiger partial charge on any atom is -0.204 e. The topological polar surface area (TPSA) is 0 Å². The summed E-state index contributed by atoms with van der Waals surface area (Å²) in [5.41, 5.74) is 2.37. The van der Waals surface area contributed by atoms with Crippen molar-refractivity contribution in [3.63, 3.8) is 0 Å². The molecule has 0 aliphatic heterocycles. The van der Waals surface area contributed by atoms with Crippen LogP contribution < -0.4 is 0 Å². The van der Waals surface area contributed by atoms with Gasteiger partial charge < -0.3 is 0 Å². The van der Waals surface area contributed by atoms with Crippen molar-refractivity contribution in [3.05, 3.63) is 72.1 Å². The lowest BCUT2D eigenvalue weighted by atomic mass is 9.68. The van der Waals surface area contributed by atoms with Gasteiger partial charge in [0.15, 0.2) is 17.5 Å². The molecule has 2 aliphatic carbocycles. The molecule has 0 heterocycles. The SMILES string of the molecule is C=CC1CCC(C2CCC(c3ccc(-c4cc(F)c(F)c(F)c4)cc3)CC2)CC1. The van der Waals surface area contributed by atoms with Crippen LogP contribution >= 0.6 is 0 Å². The number of allylic oxidation sites excluding steroid dienone is 1. The molecule has 0 saturated heterocycles. The standard InChI is InChI=1S/C26H29F3/c1-2-17-3-5-18(6-4-17)19-7-9-20(10-8-19)21-11-13-22(14-12-21)23-15-24(27)26(29)25(28)16-23/h2,11-20H,1,3-10H2. The van der Waals surface area contributed by atoms with E-state index in [9.17, 15) is 13.2 Å². The van der Waals surface area contributed by atoms with E-state index in [0.717, 1.165) is 29.9 Å². The first-order valence-corrected chi connectivity index (χ1v) is 10.9. The fourth-order valence-electron chi connectivity index (χ4n) is 5.45. The van der Waals surface area contributed by atoms with E-state index in [-0.39, 0.29) is 0 Å². The second kappa shape index (κ2) is 8.77. The maximum Gasteiger partial charge on any atom is 0.194 e. The van der Waals surface area contributed by atoms with Gasteiger partial charge in [0, 0.05) is 0 Å². The Bertz CT molecular complexity index is 816. The van der Waals surface area contributed by atoms with Gasteiger partial charge in [-0.25, -0.2) is 13.2 Å². The number of benzene rings is 2. The van der Waals surface area contributed by atoms with Crippen LogP contribution in [0, 0.1) is 35.2 Å². The molecule has 2 fully saturated rings. The summed E-state index contributed by atoms with van der Waals surface area (Å²) in [4.78, 5) is 0. The van der Waals surface area contributed by atoms with Crippen LogP contribution in [-0.4, -0.2) is 0 Å². The molecule has 0 amide bonds. The quantitative estimate of drug-likeness (QED) is 0.361. The van der Waals surface area contributed by atoms with Crippen LogP contribution in [0.1, 0.15) is 62.8 Å². The Hall–Kier alpha value is -2.03. The van der Waals surface area contributed by atoms with Gasteiger partial charge in [0.1, 0.15) is 0 Å². The average molecular weight is 399 g/mol. The minimum absolute atomic E-state index is 0.367. The Kier molecular flexibility index (Phi) is 6.12. The molecule has 0 atom stereocenters. The molecule has 29 heavy (non-hydrogen) atoms. The van der Waals surface area contributed by atoms with Crippen LogP contribution in [0.25, 0.3) is 11.1 Å². The molecule has 0 bridgehead atoms. The summed E-state index contributed by atoms with van der Waals surface area (Å²) in [7, 11) is 0. The first kappa shape index (κ1) is 20.3. The van der Waals surface area contributed by atoms with Crippen molar-refractivity contribution in [3.8, 4) is 11.1 Å². The normalized spacial score (nSPS) is 27.6. The Morgan fingerprint density at radius 1 is 0.690 bits per heavy atom. The molecule has 2 aliphatic rings. The summed E-state index contributed by atoms with van der Waals surface area (Å²) in [6.07, 6.45) is 12.5. The molecular weight excluding hydrogens is 369 g/mol. The van der Waals surface area contributed by atoms with Gasteiger partial charge in [-0.1, -0.05) is 30.3 Å². The molecular formula is C26H29F3. The van der Waals surface area contributed by atoms with Crippen LogP contribution in [-0.2, 0) is 0 Å². The highest BCUT2D eigenvalue weighted by atomic mass is 19.2. The Labute approximate surface area is 171 Å². The Balaban J connectivity index is 1.36. The van der Waals surface area contributed by atoms with E-state index in [2.05, 4.69) is 24.8 Å². The highest BCUT2D eigenvalue weighted by Gasteiger charge is 2.30. The first-order chi connectivity index (χ1) is 14.0. The number of rotatable bonds is 4. The van der Waals surface area contributed by atoms with E-state index >= 15 is 0 Å². The van der Waals surface area contributed by atoms with Crippen LogP contribution in [0.5, 0.6) is 0 Å². The number of halogens is 3. The zero-order valence-corrected chi connectivity index (χ0v) is 16.8. The zero-order valence-electron chi connectivity index (χ0n) is 16.8. The summed E-state index contributed by atoms with van der Waals surface area (Å²) in [5.74, 6) is -0.677. The Morgan fingerprint density at radius 2 is 1.21 bits per heavy atom.